The number of amides is 3. The number of ketones is 1. The van der Waals surface area contributed by atoms with Gasteiger partial charge in [0.25, 0.3) is 11.8 Å². The van der Waals surface area contributed by atoms with E-state index in [1.807, 2.05) is 30.3 Å². The van der Waals surface area contributed by atoms with Crippen molar-refractivity contribution in [3.05, 3.63) is 89.5 Å². The fraction of sp³-hybridized carbons (Fsp3) is 0.200. The molecule has 5 rings (SSSR count). The Kier molecular flexibility index (Phi) is 7.86. The fourth-order valence-corrected chi connectivity index (χ4v) is 4.60. The van der Waals surface area contributed by atoms with Crippen molar-refractivity contribution in [2.75, 3.05) is 18.2 Å². The minimum Gasteiger partial charge on any atom is -0.454 e. The molecule has 11 heteroatoms. The molecule has 3 aromatic rings. The minimum absolute atomic E-state index is 0.0406. The van der Waals surface area contributed by atoms with E-state index in [9.17, 15) is 24.0 Å². The molecule has 41 heavy (non-hydrogen) atoms. The van der Waals surface area contributed by atoms with Gasteiger partial charge in [0, 0.05) is 23.1 Å². The van der Waals surface area contributed by atoms with Gasteiger partial charge in [-0.1, -0.05) is 48.5 Å². The van der Waals surface area contributed by atoms with Gasteiger partial charge >= 0.3 is 0 Å². The highest BCUT2D eigenvalue weighted by Crippen LogP contribution is 2.33. The molecule has 0 bridgehead atoms. The molecule has 0 saturated heterocycles. The predicted molar refractivity (Wildman–Crippen MR) is 148 cm³/mol. The maximum atomic E-state index is 14.0. The lowest BCUT2D eigenvalue weighted by Gasteiger charge is -2.25. The molecule has 0 aliphatic carbocycles. The standard InChI is InChI=1S/C30H26N4O7/c1-18(36)13-21(16-35)31-26(37)15-34-23-10-6-5-9-22(23)27(19-7-3-2-4-8-19)32-28(30(34)39)33-29(38)20-11-12-24-25(14-20)41-17-40-24/h2-12,14,16,21,28H,13,15,17H2,1H3,(H,31,37)(H,33,38)/t21-,28?/m0/s1. The first-order valence-corrected chi connectivity index (χ1v) is 12.8. The summed E-state index contributed by atoms with van der Waals surface area (Å²) < 4.78 is 10.7. The SMILES string of the molecule is CC(=O)C[C@@H](C=O)NC(=O)CN1C(=O)C(NC(=O)c2ccc3c(c2)OCO3)N=C(c2ccccc2)c2ccccc21. The van der Waals surface area contributed by atoms with Crippen LogP contribution in [0.4, 0.5) is 5.69 Å². The second kappa shape index (κ2) is 11.8. The number of hydrogen-bond donors (Lipinski definition) is 2. The zero-order valence-corrected chi connectivity index (χ0v) is 22.0. The van der Waals surface area contributed by atoms with E-state index < -0.39 is 36.5 Å². The van der Waals surface area contributed by atoms with Crippen molar-refractivity contribution in [3.63, 3.8) is 0 Å². The summed E-state index contributed by atoms with van der Waals surface area (Å²) in [5.74, 6) is -1.28. The highest BCUT2D eigenvalue weighted by Gasteiger charge is 2.34. The van der Waals surface area contributed by atoms with E-state index in [1.54, 1.807) is 36.4 Å². The van der Waals surface area contributed by atoms with E-state index in [0.29, 0.717) is 40.3 Å². The topological polar surface area (TPSA) is 143 Å². The second-order valence-electron chi connectivity index (χ2n) is 9.45. The molecular formula is C30H26N4O7. The molecule has 2 aliphatic heterocycles. The first-order chi connectivity index (χ1) is 19.8. The number of benzene rings is 3. The molecule has 2 aliphatic rings. The smallest absolute Gasteiger partial charge is 0.272 e. The molecular weight excluding hydrogens is 528 g/mol. The van der Waals surface area contributed by atoms with Gasteiger partial charge in [0.2, 0.25) is 18.9 Å². The lowest BCUT2D eigenvalue weighted by atomic mass is 10.0. The van der Waals surface area contributed by atoms with Crippen LogP contribution in [0.5, 0.6) is 11.5 Å². The number of carbonyl (C=O) groups is 5. The number of rotatable bonds is 9. The number of hydrogen-bond acceptors (Lipinski definition) is 8. The Labute approximate surface area is 235 Å². The van der Waals surface area contributed by atoms with Crippen LogP contribution in [0.2, 0.25) is 0 Å². The quantitative estimate of drug-likeness (QED) is 0.385. The molecule has 3 amide bonds. The Morgan fingerprint density at radius 2 is 1.76 bits per heavy atom. The summed E-state index contributed by atoms with van der Waals surface area (Å²) in [5, 5.41) is 5.18. The third kappa shape index (κ3) is 5.98. The van der Waals surface area contributed by atoms with Crippen molar-refractivity contribution >= 4 is 41.2 Å². The summed E-state index contributed by atoms with van der Waals surface area (Å²) in [6.45, 7) is 0.873. The monoisotopic (exact) mass is 554 g/mol. The third-order valence-electron chi connectivity index (χ3n) is 6.48. The van der Waals surface area contributed by atoms with E-state index in [2.05, 4.69) is 15.6 Å². The predicted octanol–water partition coefficient (Wildman–Crippen LogP) is 2.02. The lowest BCUT2D eigenvalue weighted by Crippen LogP contribution is -2.51. The van der Waals surface area contributed by atoms with Gasteiger partial charge in [0.05, 0.1) is 17.4 Å². The molecule has 0 fully saturated rings. The summed E-state index contributed by atoms with van der Waals surface area (Å²) in [5.41, 5.74) is 2.32. The molecule has 208 valence electrons. The van der Waals surface area contributed by atoms with E-state index in [4.69, 9.17) is 9.47 Å². The van der Waals surface area contributed by atoms with Gasteiger partial charge in [-0.3, -0.25) is 24.1 Å². The molecule has 0 spiro atoms. The fourth-order valence-electron chi connectivity index (χ4n) is 4.60. The van der Waals surface area contributed by atoms with Crippen LogP contribution in [0.3, 0.4) is 0 Å². The number of nitrogens with one attached hydrogen (secondary N) is 2. The molecule has 1 unspecified atom stereocenters. The van der Waals surface area contributed by atoms with Gasteiger partial charge in [0.15, 0.2) is 11.5 Å². The van der Waals surface area contributed by atoms with Gasteiger partial charge in [-0.2, -0.15) is 0 Å². The van der Waals surface area contributed by atoms with Gasteiger partial charge in [-0.05, 0) is 31.2 Å². The summed E-state index contributed by atoms with van der Waals surface area (Å²) in [6.07, 6.45) is -1.10. The van der Waals surface area contributed by atoms with Crippen molar-refractivity contribution in [1.82, 2.24) is 10.6 Å². The first-order valence-electron chi connectivity index (χ1n) is 12.8. The van der Waals surface area contributed by atoms with Crippen LogP contribution in [0, 0.1) is 0 Å². The van der Waals surface area contributed by atoms with Crippen molar-refractivity contribution in [2.45, 2.75) is 25.6 Å². The van der Waals surface area contributed by atoms with Crippen LogP contribution < -0.4 is 25.0 Å². The van der Waals surface area contributed by atoms with Crippen LogP contribution in [-0.4, -0.2) is 61.0 Å². The van der Waals surface area contributed by atoms with E-state index in [1.165, 1.54) is 17.9 Å². The van der Waals surface area contributed by atoms with Crippen molar-refractivity contribution in [2.24, 2.45) is 4.99 Å². The van der Waals surface area contributed by atoms with Gasteiger partial charge < -0.3 is 24.9 Å². The number of Topliss-reactive ketones (excluding diaryl/α,β-unsaturated/α-hetero) is 1. The average molecular weight is 555 g/mol. The maximum absolute atomic E-state index is 14.0. The lowest BCUT2D eigenvalue weighted by molar-refractivity contribution is -0.126. The van der Waals surface area contributed by atoms with Gasteiger partial charge in [-0.15, -0.1) is 0 Å². The Balaban J connectivity index is 1.51. The molecule has 0 saturated carbocycles. The number of carbonyl (C=O) groups excluding carboxylic acids is 5. The average Bonchev–Trinajstić information content (AvgIpc) is 3.42. The molecule has 0 aromatic heterocycles. The zero-order chi connectivity index (χ0) is 28.9. The molecule has 11 nitrogen and oxygen atoms in total. The number of aliphatic imine (C=N–C) groups is 1. The number of para-hydroxylation sites is 1. The van der Waals surface area contributed by atoms with Gasteiger partial charge in [0.1, 0.15) is 18.6 Å². The highest BCUT2D eigenvalue weighted by molar-refractivity contribution is 6.21. The minimum atomic E-state index is -1.40. The third-order valence-corrected chi connectivity index (χ3v) is 6.48. The Morgan fingerprint density at radius 3 is 2.51 bits per heavy atom. The van der Waals surface area contributed by atoms with Crippen molar-refractivity contribution in [1.29, 1.82) is 0 Å². The number of benzodiazepines with no additional fused rings is 1. The Bertz CT molecular complexity index is 1550. The number of anilines is 1. The van der Waals surface area contributed by atoms with Crippen LogP contribution >= 0.6 is 0 Å². The van der Waals surface area contributed by atoms with Crippen LogP contribution in [0.15, 0.2) is 77.8 Å². The van der Waals surface area contributed by atoms with Crippen molar-refractivity contribution < 1.29 is 33.4 Å². The second-order valence-corrected chi connectivity index (χ2v) is 9.45. The Hall–Kier alpha value is -5.32. The maximum Gasteiger partial charge on any atom is 0.272 e. The van der Waals surface area contributed by atoms with Crippen molar-refractivity contribution in [3.8, 4) is 11.5 Å². The summed E-state index contributed by atoms with van der Waals surface area (Å²) in [6, 6.07) is 19.7. The number of nitrogens with zero attached hydrogens (tertiary/aromatic N) is 2. The van der Waals surface area contributed by atoms with E-state index >= 15 is 0 Å². The normalized spacial score (nSPS) is 16.1. The molecule has 3 aromatic carbocycles. The zero-order valence-electron chi connectivity index (χ0n) is 22.0. The van der Waals surface area contributed by atoms with E-state index in [-0.39, 0.29) is 24.6 Å². The molecule has 0 radical (unpaired) electrons. The van der Waals surface area contributed by atoms with Crippen LogP contribution in [0.1, 0.15) is 34.8 Å². The summed E-state index contributed by atoms with van der Waals surface area (Å²) in [7, 11) is 0. The molecule has 2 atom stereocenters. The molecule has 2 heterocycles. The van der Waals surface area contributed by atoms with Crippen LogP contribution in [0.25, 0.3) is 0 Å². The largest absolute Gasteiger partial charge is 0.454 e. The Morgan fingerprint density at radius 1 is 1.02 bits per heavy atom. The highest BCUT2D eigenvalue weighted by atomic mass is 16.7. The summed E-state index contributed by atoms with van der Waals surface area (Å²) >= 11 is 0. The number of fused-ring (bicyclic) bond motifs is 2. The van der Waals surface area contributed by atoms with Gasteiger partial charge in [-0.25, -0.2) is 4.99 Å². The number of ether oxygens (including phenoxy) is 2. The summed E-state index contributed by atoms with van der Waals surface area (Å²) in [4.78, 5) is 69.1. The molecule has 2 N–H and O–H groups in total. The van der Waals surface area contributed by atoms with Crippen LogP contribution in [-0.2, 0) is 19.2 Å². The first kappa shape index (κ1) is 27.3. The van der Waals surface area contributed by atoms with E-state index in [0.717, 1.165) is 0 Å². The number of aldehydes is 1.